The summed E-state index contributed by atoms with van der Waals surface area (Å²) in [5, 5.41) is 12.4. The van der Waals surface area contributed by atoms with Crippen molar-refractivity contribution in [2.24, 2.45) is 7.05 Å². The van der Waals surface area contributed by atoms with E-state index in [0.29, 0.717) is 6.04 Å². The van der Waals surface area contributed by atoms with E-state index in [-0.39, 0.29) is 0 Å². The molecule has 1 N–H and O–H groups in total. The lowest BCUT2D eigenvalue weighted by Gasteiger charge is -2.10. The lowest BCUT2D eigenvalue weighted by molar-refractivity contribution is 0.524. The van der Waals surface area contributed by atoms with Crippen molar-refractivity contribution >= 4 is 0 Å². The molecule has 0 atom stereocenters. The SMILES string of the molecule is Cn1cc(CNC2CCCC2)cc1C#N. The third-order valence-corrected chi connectivity index (χ3v) is 3.13. The number of nitrogens with zero attached hydrogens (tertiary/aromatic N) is 2. The van der Waals surface area contributed by atoms with E-state index in [0.717, 1.165) is 12.2 Å². The first-order chi connectivity index (χ1) is 7.29. The Labute approximate surface area is 90.7 Å². The van der Waals surface area contributed by atoms with Crippen molar-refractivity contribution in [1.29, 1.82) is 5.26 Å². The van der Waals surface area contributed by atoms with E-state index < -0.39 is 0 Å². The van der Waals surface area contributed by atoms with Crippen LogP contribution in [0.5, 0.6) is 0 Å². The predicted molar refractivity (Wildman–Crippen MR) is 59.2 cm³/mol. The van der Waals surface area contributed by atoms with Crippen LogP contribution >= 0.6 is 0 Å². The lowest BCUT2D eigenvalue weighted by atomic mass is 10.2. The second-order valence-corrected chi connectivity index (χ2v) is 4.32. The van der Waals surface area contributed by atoms with Crippen molar-refractivity contribution in [2.75, 3.05) is 0 Å². The first-order valence-corrected chi connectivity index (χ1v) is 5.58. The summed E-state index contributed by atoms with van der Waals surface area (Å²) in [5.41, 5.74) is 1.94. The monoisotopic (exact) mass is 203 g/mol. The molecule has 1 aromatic heterocycles. The van der Waals surface area contributed by atoms with Gasteiger partial charge in [0.05, 0.1) is 0 Å². The van der Waals surface area contributed by atoms with Gasteiger partial charge < -0.3 is 9.88 Å². The van der Waals surface area contributed by atoms with Crippen molar-refractivity contribution in [3.63, 3.8) is 0 Å². The molecule has 0 aliphatic heterocycles. The minimum atomic E-state index is 0.691. The van der Waals surface area contributed by atoms with Crippen LogP contribution in [0.3, 0.4) is 0 Å². The fourth-order valence-electron chi connectivity index (χ4n) is 2.23. The molecule has 1 saturated carbocycles. The Bertz CT molecular complexity index is 367. The average Bonchev–Trinajstić information content (AvgIpc) is 2.83. The van der Waals surface area contributed by atoms with Gasteiger partial charge in [0.1, 0.15) is 11.8 Å². The van der Waals surface area contributed by atoms with Gasteiger partial charge in [0.2, 0.25) is 0 Å². The Morgan fingerprint density at radius 1 is 1.53 bits per heavy atom. The quantitative estimate of drug-likeness (QED) is 0.815. The molecule has 1 aliphatic carbocycles. The molecule has 0 spiro atoms. The number of hydrogen-bond acceptors (Lipinski definition) is 2. The van der Waals surface area contributed by atoms with Gasteiger partial charge in [0, 0.05) is 25.8 Å². The van der Waals surface area contributed by atoms with Gasteiger partial charge in [0.15, 0.2) is 0 Å². The molecule has 0 radical (unpaired) electrons. The second-order valence-electron chi connectivity index (χ2n) is 4.32. The second kappa shape index (κ2) is 4.50. The van der Waals surface area contributed by atoms with Gasteiger partial charge in [-0.25, -0.2) is 0 Å². The highest BCUT2D eigenvalue weighted by Gasteiger charge is 2.14. The van der Waals surface area contributed by atoms with E-state index in [9.17, 15) is 0 Å². The molecule has 2 rings (SSSR count). The molecule has 1 fully saturated rings. The molecule has 3 nitrogen and oxygen atoms in total. The first kappa shape index (κ1) is 10.3. The van der Waals surface area contributed by atoms with Gasteiger partial charge in [-0.2, -0.15) is 5.26 Å². The zero-order valence-electron chi connectivity index (χ0n) is 9.16. The van der Waals surface area contributed by atoms with E-state index in [1.807, 2.05) is 23.9 Å². The maximum Gasteiger partial charge on any atom is 0.120 e. The van der Waals surface area contributed by atoms with Crippen molar-refractivity contribution in [3.05, 3.63) is 23.5 Å². The van der Waals surface area contributed by atoms with Gasteiger partial charge in [-0.1, -0.05) is 12.8 Å². The molecule has 3 heteroatoms. The highest BCUT2D eigenvalue weighted by atomic mass is 15.0. The van der Waals surface area contributed by atoms with Crippen LogP contribution in [0.1, 0.15) is 36.9 Å². The maximum absolute atomic E-state index is 8.82. The van der Waals surface area contributed by atoms with Crippen LogP contribution in [-0.4, -0.2) is 10.6 Å². The van der Waals surface area contributed by atoms with Crippen LogP contribution in [0.4, 0.5) is 0 Å². The lowest BCUT2D eigenvalue weighted by Crippen LogP contribution is -2.24. The maximum atomic E-state index is 8.82. The molecular weight excluding hydrogens is 186 g/mol. The molecule has 0 unspecified atom stereocenters. The van der Waals surface area contributed by atoms with Crippen molar-refractivity contribution < 1.29 is 0 Å². The Hall–Kier alpha value is -1.27. The van der Waals surface area contributed by atoms with E-state index >= 15 is 0 Å². The van der Waals surface area contributed by atoms with Gasteiger partial charge in [-0.15, -0.1) is 0 Å². The van der Waals surface area contributed by atoms with Crippen LogP contribution in [0.2, 0.25) is 0 Å². The van der Waals surface area contributed by atoms with Gasteiger partial charge in [-0.3, -0.25) is 0 Å². The largest absolute Gasteiger partial charge is 0.342 e. The number of aromatic nitrogens is 1. The number of nitriles is 1. The fourth-order valence-corrected chi connectivity index (χ4v) is 2.23. The first-order valence-electron chi connectivity index (χ1n) is 5.58. The normalized spacial score (nSPS) is 16.8. The summed E-state index contributed by atoms with van der Waals surface area (Å²) >= 11 is 0. The smallest absolute Gasteiger partial charge is 0.120 e. The molecule has 15 heavy (non-hydrogen) atoms. The van der Waals surface area contributed by atoms with E-state index in [1.165, 1.54) is 31.2 Å². The summed E-state index contributed by atoms with van der Waals surface area (Å²) in [6, 6.07) is 4.83. The molecule has 0 aromatic carbocycles. The Morgan fingerprint density at radius 2 is 2.27 bits per heavy atom. The standard InChI is InChI=1S/C12H17N3/c1-15-9-10(6-12(15)7-13)8-14-11-4-2-3-5-11/h6,9,11,14H,2-5,8H2,1H3. The summed E-state index contributed by atoms with van der Waals surface area (Å²) in [4.78, 5) is 0. The Balaban J connectivity index is 1.90. The number of hydrogen-bond donors (Lipinski definition) is 1. The highest BCUT2D eigenvalue weighted by Crippen LogP contribution is 2.18. The van der Waals surface area contributed by atoms with Gasteiger partial charge in [-0.05, 0) is 24.5 Å². The number of nitrogens with one attached hydrogen (secondary N) is 1. The molecule has 0 amide bonds. The van der Waals surface area contributed by atoms with E-state index in [2.05, 4.69) is 11.4 Å². The molecule has 1 aliphatic rings. The van der Waals surface area contributed by atoms with E-state index in [1.54, 1.807) is 0 Å². The third-order valence-electron chi connectivity index (χ3n) is 3.13. The van der Waals surface area contributed by atoms with Crippen molar-refractivity contribution in [2.45, 2.75) is 38.3 Å². The third kappa shape index (κ3) is 2.40. The summed E-state index contributed by atoms with van der Waals surface area (Å²) in [5.74, 6) is 0. The fraction of sp³-hybridized carbons (Fsp3) is 0.583. The van der Waals surface area contributed by atoms with Crippen LogP contribution in [0.25, 0.3) is 0 Å². The van der Waals surface area contributed by atoms with Crippen LogP contribution < -0.4 is 5.32 Å². The van der Waals surface area contributed by atoms with Gasteiger partial charge in [0.25, 0.3) is 0 Å². The highest BCUT2D eigenvalue weighted by molar-refractivity contribution is 5.28. The molecule has 0 bridgehead atoms. The Kier molecular flexibility index (Phi) is 3.08. The van der Waals surface area contributed by atoms with Crippen LogP contribution in [0, 0.1) is 11.3 Å². The van der Waals surface area contributed by atoms with Crippen LogP contribution in [0.15, 0.2) is 12.3 Å². The summed E-state index contributed by atoms with van der Waals surface area (Å²) in [6.07, 6.45) is 7.35. The summed E-state index contributed by atoms with van der Waals surface area (Å²) < 4.78 is 1.88. The topological polar surface area (TPSA) is 40.8 Å². The molecule has 80 valence electrons. The summed E-state index contributed by atoms with van der Waals surface area (Å²) in [6.45, 7) is 0.889. The van der Waals surface area contributed by atoms with Crippen LogP contribution in [-0.2, 0) is 13.6 Å². The predicted octanol–water partition coefficient (Wildman–Crippen LogP) is 1.93. The molecule has 1 aromatic rings. The van der Waals surface area contributed by atoms with E-state index in [4.69, 9.17) is 5.26 Å². The van der Waals surface area contributed by atoms with Crippen molar-refractivity contribution in [3.8, 4) is 6.07 Å². The Morgan fingerprint density at radius 3 is 2.87 bits per heavy atom. The number of rotatable bonds is 3. The molecule has 0 saturated heterocycles. The number of aryl methyl sites for hydroxylation is 1. The van der Waals surface area contributed by atoms with Crippen molar-refractivity contribution in [1.82, 2.24) is 9.88 Å². The zero-order chi connectivity index (χ0) is 10.7. The molecular formula is C12H17N3. The average molecular weight is 203 g/mol. The minimum Gasteiger partial charge on any atom is -0.342 e. The van der Waals surface area contributed by atoms with Gasteiger partial charge >= 0.3 is 0 Å². The minimum absolute atomic E-state index is 0.691. The zero-order valence-corrected chi connectivity index (χ0v) is 9.16. The summed E-state index contributed by atoms with van der Waals surface area (Å²) in [7, 11) is 1.91. The molecule has 1 heterocycles.